The van der Waals surface area contributed by atoms with Crippen molar-refractivity contribution in [1.29, 1.82) is 0 Å². The van der Waals surface area contributed by atoms with Crippen LogP contribution in [-0.2, 0) is 9.59 Å². The Morgan fingerprint density at radius 2 is 1.17 bits per heavy atom. The number of rotatable bonds is 9. The van der Waals surface area contributed by atoms with Crippen molar-refractivity contribution in [3.8, 4) is 0 Å². The number of allylic oxidation sites excluding steroid dienone is 2. The maximum absolute atomic E-state index is 11.0. The fourth-order valence-electron chi connectivity index (χ4n) is 1.46. The lowest BCUT2D eigenvalue weighted by atomic mass is 10.1. The lowest BCUT2D eigenvalue weighted by Crippen LogP contribution is -2.02. The fraction of sp³-hybridized carbons (Fsp3) is 0.571. The molecule has 0 spiro atoms. The van der Waals surface area contributed by atoms with E-state index in [4.69, 9.17) is 10.2 Å². The van der Waals surface area contributed by atoms with Gasteiger partial charge in [-0.3, -0.25) is 0 Å². The Hall–Kier alpha value is -1.58. The first-order valence-electron chi connectivity index (χ1n) is 6.39. The minimum absolute atomic E-state index is 0.270. The van der Waals surface area contributed by atoms with Gasteiger partial charge in [-0.05, 0) is 25.7 Å². The van der Waals surface area contributed by atoms with E-state index < -0.39 is 11.9 Å². The van der Waals surface area contributed by atoms with Crippen molar-refractivity contribution in [2.75, 3.05) is 0 Å². The average Bonchev–Trinajstić information content (AvgIpc) is 2.31. The molecule has 18 heavy (non-hydrogen) atoms. The second-order valence-corrected chi connectivity index (χ2v) is 4.20. The molecule has 0 aliphatic rings. The predicted molar refractivity (Wildman–Crippen MR) is 70.5 cm³/mol. The van der Waals surface area contributed by atoms with Crippen molar-refractivity contribution >= 4 is 11.9 Å². The summed E-state index contributed by atoms with van der Waals surface area (Å²) in [5, 5.41) is 18.0. The first-order valence-corrected chi connectivity index (χ1v) is 6.39. The summed E-state index contributed by atoms with van der Waals surface area (Å²) in [4.78, 5) is 21.9. The molecule has 4 nitrogen and oxygen atoms in total. The third-order valence-electron chi connectivity index (χ3n) is 2.63. The molecule has 0 fully saturated rings. The van der Waals surface area contributed by atoms with Crippen LogP contribution in [0.1, 0.15) is 52.4 Å². The zero-order chi connectivity index (χ0) is 14.0. The summed E-state index contributed by atoms with van der Waals surface area (Å²) in [6, 6.07) is 0. The molecule has 0 aromatic rings. The van der Waals surface area contributed by atoms with Crippen LogP contribution in [0.4, 0.5) is 0 Å². The molecule has 0 bridgehead atoms. The number of carbonyl (C=O) groups is 2. The normalized spacial score (nSPS) is 12.6. The van der Waals surface area contributed by atoms with Crippen molar-refractivity contribution in [1.82, 2.24) is 0 Å². The highest BCUT2D eigenvalue weighted by Gasteiger charge is 2.08. The van der Waals surface area contributed by atoms with Crippen molar-refractivity contribution in [3.05, 3.63) is 23.3 Å². The molecule has 0 aromatic carbocycles. The Morgan fingerprint density at radius 1 is 0.833 bits per heavy atom. The van der Waals surface area contributed by atoms with Gasteiger partial charge in [-0.2, -0.15) is 0 Å². The molecular formula is C14H22O4. The second-order valence-electron chi connectivity index (χ2n) is 4.20. The number of unbranched alkanes of at least 4 members (excludes halogenated alkanes) is 2. The maximum Gasteiger partial charge on any atom is 0.331 e. The van der Waals surface area contributed by atoms with Crippen LogP contribution in [-0.4, -0.2) is 22.2 Å². The fourth-order valence-corrected chi connectivity index (χ4v) is 1.46. The zero-order valence-corrected chi connectivity index (χ0v) is 11.1. The van der Waals surface area contributed by atoms with Gasteiger partial charge in [-0.25, -0.2) is 9.59 Å². The van der Waals surface area contributed by atoms with Crippen LogP contribution in [0.2, 0.25) is 0 Å². The highest BCUT2D eigenvalue weighted by Crippen LogP contribution is 2.12. The zero-order valence-electron chi connectivity index (χ0n) is 11.1. The number of hydrogen-bond acceptors (Lipinski definition) is 2. The van der Waals surface area contributed by atoms with Gasteiger partial charge in [-0.1, -0.05) is 38.8 Å². The summed E-state index contributed by atoms with van der Waals surface area (Å²) in [7, 11) is 0. The van der Waals surface area contributed by atoms with Gasteiger partial charge >= 0.3 is 11.9 Å². The van der Waals surface area contributed by atoms with E-state index in [1.54, 1.807) is 0 Å². The minimum atomic E-state index is -0.972. The standard InChI is InChI=1S/C14H22O4/c1-3-5-7-11(13(15)16)9-10-12(14(17)18)8-6-4-2/h9-10H,3-8H2,1-2H3,(H,15,16)(H,17,18)/b11-9-,12-10?. The van der Waals surface area contributed by atoms with Crippen LogP contribution in [0.15, 0.2) is 23.3 Å². The van der Waals surface area contributed by atoms with Crippen LogP contribution >= 0.6 is 0 Å². The molecule has 0 heterocycles. The van der Waals surface area contributed by atoms with Crippen molar-refractivity contribution in [2.45, 2.75) is 52.4 Å². The van der Waals surface area contributed by atoms with Crippen LogP contribution < -0.4 is 0 Å². The highest BCUT2D eigenvalue weighted by atomic mass is 16.4. The predicted octanol–water partition coefficient (Wildman–Crippen LogP) is 3.39. The molecule has 0 saturated heterocycles. The lowest BCUT2D eigenvalue weighted by Gasteiger charge is -2.01. The number of aliphatic carboxylic acids is 2. The van der Waals surface area contributed by atoms with Crippen LogP contribution in [0.3, 0.4) is 0 Å². The summed E-state index contributed by atoms with van der Waals surface area (Å²) < 4.78 is 0. The van der Waals surface area contributed by atoms with Crippen LogP contribution in [0.5, 0.6) is 0 Å². The lowest BCUT2D eigenvalue weighted by molar-refractivity contribution is -0.133. The molecule has 0 aliphatic carbocycles. The van der Waals surface area contributed by atoms with Crippen molar-refractivity contribution in [2.24, 2.45) is 0 Å². The maximum atomic E-state index is 11.0. The minimum Gasteiger partial charge on any atom is -0.478 e. The topological polar surface area (TPSA) is 74.6 Å². The summed E-state index contributed by atoms with van der Waals surface area (Å²) in [6.07, 6.45) is 7.22. The van der Waals surface area contributed by atoms with Gasteiger partial charge < -0.3 is 10.2 Å². The van der Waals surface area contributed by atoms with Crippen molar-refractivity contribution in [3.63, 3.8) is 0 Å². The van der Waals surface area contributed by atoms with E-state index in [9.17, 15) is 9.59 Å². The Kier molecular flexibility index (Phi) is 8.62. The molecule has 4 heteroatoms. The average molecular weight is 254 g/mol. The molecule has 0 amide bonds. The van der Waals surface area contributed by atoms with E-state index in [1.807, 2.05) is 13.8 Å². The Bertz CT molecular complexity index is 306. The molecule has 0 atom stereocenters. The SMILES string of the molecule is CCCCC(=C/C=C(/CCCC)C(=O)O)C(=O)O. The summed E-state index contributed by atoms with van der Waals surface area (Å²) >= 11 is 0. The molecular weight excluding hydrogens is 232 g/mol. The van der Waals surface area contributed by atoms with Gasteiger partial charge in [0.25, 0.3) is 0 Å². The van der Waals surface area contributed by atoms with E-state index >= 15 is 0 Å². The Morgan fingerprint density at radius 3 is 1.39 bits per heavy atom. The Balaban J connectivity index is 4.82. The molecule has 0 rings (SSSR count). The summed E-state index contributed by atoms with van der Waals surface area (Å²) in [5.41, 5.74) is 0.541. The van der Waals surface area contributed by atoms with Crippen LogP contribution in [0.25, 0.3) is 0 Å². The largest absolute Gasteiger partial charge is 0.478 e. The van der Waals surface area contributed by atoms with Gasteiger partial charge in [0.15, 0.2) is 0 Å². The molecule has 0 saturated carbocycles. The highest BCUT2D eigenvalue weighted by molar-refractivity contribution is 5.89. The number of carboxylic acid groups (broad SMARTS) is 2. The van der Waals surface area contributed by atoms with E-state index in [-0.39, 0.29) is 11.1 Å². The smallest absolute Gasteiger partial charge is 0.331 e. The third-order valence-corrected chi connectivity index (χ3v) is 2.63. The van der Waals surface area contributed by atoms with E-state index in [0.717, 1.165) is 25.7 Å². The van der Waals surface area contributed by atoms with E-state index in [0.29, 0.717) is 12.8 Å². The molecule has 0 unspecified atom stereocenters. The van der Waals surface area contributed by atoms with Crippen molar-refractivity contribution < 1.29 is 19.8 Å². The number of hydrogen-bond donors (Lipinski definition) is 2. The molecule has 0 aromatic heterocycles. The second kappa shape index (κ2) is 9.45. The first kappa shape index (κ1) is 16.4. The van der Waals surface area contributed by atoms with Gasteiger partial charge in [0.2, 0.25) is 0 Å². The quantitative estimate of drug-likeness (QED) is 0.488. The van der Waals surface area contributed by atoms with Gasteiger partial charge in [0, 0.05) is 11.1 Å². The van der Waals surface area contributed by atoms with Gasteiger partial charge in [-0.15, -0.1) is 0 Å². The molecule has 2 N–H and O–H groups in total. The first-order chi connectivity index (χ1) is 8.52. The molecule has 0 aliphatic heterocycles. The van der Waals surface area contributed by atoms with E-state index in [1.165, 1.54) is 12.2 Å². The molecule has 0 radical (unpaired) electrons. The summed E-state index contributed by atoms with van der Waals surface area (Å²) in [5.74, 6) is -1.94. The molecule has 102 valence electrons. The number of carboxylic acids is 2. The summed E-state index contributed by atoms with van der Waals surface area (Å²) in [6.45, 7) is 3.97. The third kappa shape index (κ3) is 6.89. The van der Waals surface area contributed by atoms with Crippen LogP contribution in [0, 0.1) is 0 Å². The monoisotopic (exact) mass is 254 g/mol. The van der Waals surface area contributed by atoms with Gasteiger partial charge in [0.1, 0.15) is 0 Å². The van der Waals surface area contributed by atoms with E-state index in [2.05, 4.69) is 0 Å². The Labute approximate surface area is 108 Å². The van der Waals surface area contributed by atoms with Gasteiger partial charge in [0.05, 0.1) is 0 Å².